The Kier molecular flexibility index (Phi) is 7.11. The number of carbonyl (C=O) groups excluding carboxylic acids is 2. The SMILES string of the molecule is CCC(C)(C)C(=O)O[C@H]1C[C@@H](C)C=C2C=CC(C)[C@H](CCC3C[C@@H](O)CC(=O)O3)[C@H]21. The largest absolute Gasteiger partial charge is 0.462 e. The van der Waals surface area contributed by atoms with Gasteiger partial charge in [0.2, 0.25) is 0 Å². The van der Waals surface area contributed by atoms with Crippen molar-refractivity contribution in [2.24, 2.45) is 29.1 Å². The predicted octanol–water partition coefficient (Wildman–Crippen LogP) is 4.59. The molecule has 0 radical (unpaired) electrons. The molecule has 1 aliphatic heterocycles. The number of rotatable bonds is 6. The first-order valence-electron chi connectivity index (χ1n) is 11.6. The van der Waals surface area contributed by atoms with Crippen molar-refractivity contribution in [1.29, 1.82) is 0 Å². The highest BCUT2D eigenvalue weighted by atomic mass is 16.6. The van der Waals surface area contributed by atoms with E-state index in [1.807, 2.05) is 20.8 Å². The highest BCUT2D eigenvalue weighted by Gasteiger charge is 2.43. The van der Waals surface area contributed by atoms with Gasteiger partial charge in [0.1, 0.15) is 12.2 Å². The first-order valence-corrected chi connectivity index (χ1v) is 11.6. The topological polar surface area (TPSA) is 72.8 Å². The zero-order valence-electron chi connectivity index (χ0n) is 19.1. The Morgan fingerprint density at radius 1 is 1.27 bits per heavy atom. The number of esters is 2. The number of hydrogen-bond donors (Lipinski definition) is 1. The number of hydrogen-bond acceptors (Lipinski definition) is 5. The average Bonchev–Trinajstić information content (AvgIpc) is 2.66. The maximum Gasteiger partial charge on any atom is 0.311 e. The van der Waals surface area contributed by atoms with Gasteiger partial charge in [-0.2, -0.15) is 0 Å². The number of carbonyl (C=O) groups is 2. The highest BCUT2D eigenvalue weighted by molar-refractivity contribution is 5.76. The molecular weight excluding hydrogens is 380 g/mol. The lowest BCUT2D eigenvalue weighted by molar-refractivity contribution is -0.166. The van der Waals surface area contributed by atoms with Crippen LogP contribution in [0.4, 0.5) is 0 Å². The molecule has 1 heterocycles. The molecule has 0 spiro atoms. The zero-order chi connectivity index (χ0) is 22.1. The number of fused-ring (bicyclic) bond motifs is 1. The van der Waals surface area contributed by atoms with Crippen molar-refractivity contribution in [2.45, 2.75) is 91.5 Å². The maximum atomic E-state index is 12.9. The first-order chi connectivity index (χ1) is 14.1. The minimum absolute atomic E-state index is 0.0949. The molecule has 1 saturated heterocycles. The van der Waals surface area contributed by atoms with Gasteiger partial charge in [0.15, 0.2) is 0 Å². The fourth-order valence-corrected chi connectivity index (χ4v) is 5.08. The lowest BCUT2D eigenvalue weighted by Gasteiger charge is -2.44. The molecule has 3 aliphatic rings. The summed E-state index contributed by atoms with van der Waals surface area (Å²) in [5.74, 6) is 0.776. The van der Waals surface area contributed by atoms with Gasteiger partial charge in [-0.25, -0.2) is 0 Å². The Balaban J connectivity index is 1.76. The van der Waals surface area contributed by atoms with E-state index in [9.17, 15) is 14.7 Å². The summed E-state index contributed by atoms with van der Waals surface area (Å²) in [6.45, 7) is 10.3. The third-order valence-corrected chi connectivity index (χ3v) is 7.35. The quantitative estimate of drug-likeness (QED) is 0.639. The van der Waals surface area contributed by atoms with E-state index in [-0.39, 0.29) is 36.5 Å². The van der Waals surface area contributed by atoms with Gasteiger partial charge in [-0.3, -0.25) is 9.59 Å². The summed E-state index contributed by atoms with van der Waals surface area (Å²) in [5.41, 5.74) is 0.785. The van der Waals surface area contributed by atoms with Crippen LogP contribution in [0.5, 0.6) is 0 Å². The highest BCUT2D eigenvalue weighted by Crippen LogP contribution is 2.45. The Morgan fingerprint density at radius 2 is 2.00 bits per heavy atom. The van der Waals surface area contributed by atoms with E-state index in [0.29, 0.717) is 24.2 Å². The van der Waals surface area contributed by atoms with E-state index >= 15 is 0 Å². The van der Waals surface area contributed by atoms with Crippen LogP contribution in [0.15, 0.2) is 23.8 Å². The van der Waals surface area contributed by atoms with E-state index in [1.54, 1.807) is 0 Å². The molecular formula is C25H38O5. The third kappa shape index (κ3) is 5.16. The molecule has 1 N–H and O–H groups in total. The second kappa shape index (κ2) is 9.25. The third-order valence-electron chi connectivity index (χ3n) is 7.35. The van der Waals surface area contributed by atoms with Crippen LogP contribution in [0.3, 0.4) is 0 Å². The minimum Gasteiger partial charge on any atom is -0.462 e. The standard InChI is InChI=1S/C25H38O5/c1-6-25(4,5)24(28)30-21-12-15(2)11-17-8-7-16(3)20(23(17)21)10-9-19-13-18(26)14-22(27)29-19/h7-8,11,15-16,18-21,23,26H,6,9-10,12-14H2,1-5H3/t15-,16?,18+,19?,20-,21-,23-/m0/s1. The van der Waals surface area contributed by atoms with Gasteiger partial charge in [-0.15, -0.1) is 0 Å². The molecule has 0 aromatic rings. The van der Waals surface area contributed by atoms with Crippen LogP contribution in [0, 0.1) is 29.1 Å². The van der Waals surface area contributed by atoms with Gasteiger partial charge >= 0.3 is 11.9 Å². The van der Waals surface area contributed by atoms with Gasteiger partial charge < -0.3 is 14.6 Å². The van der Waals surface area contributed by atoms with E-state index in [1.165, 1.54) is 5.57 Å². The summed E-state index contributed by atoms with van der Waals surface area (Å²) in [7, 11) is 0. The molecule has 0 aromatic heterocycles. The van der Waals surface area contributed by atoms with Crippen LogP contribution in [-0.4, -0.2) is 35.4 Å². The second-order valence-electron chi connectivity index (χ2n) is 10.3. The van der Waals surface area contributed by atoms with Gasteiger partial charge in [0.25, 0.3) is 0 Å². The monoisotopic (exact) mass is 418 g/mol. The van der Waals surface area contributed by atoms with Crippen molar-refractivity contribution in [3.63, 3.8) is 0 Å². The Bertz CT molecular complexity index is 706. The molecule has 5 nitrogen and oxygen atoms in total. The maximum absolute atomic E-state index is 12.9. The summed E-state index contributed by atoms with van der Waals surface area (Å²) >= 11 is 0. The van der Waals surface area contributed by atoms with E-state index in [2.05, 4.69) is 32.1 Å². The van der Waals surface area contributed by atoms with Gasteiger partial charge in [-0.05, 0) is 62.9 Å². The summed E-state index contributed by atoms with van der Waals surface area (Å²) in [6.07, 6.45) is 9.61. The number of allylic oxidation sites excluding steroid dienone is 3. The molecule has 3 rings (SSSR count). The minimum atomic E-state index is -0.601. The molecule has 2 unspecified atom stereocenters. The van der Waals surface area contributed by atoms with Crippen molar-refractivity contribution in [2.75, 3.05) is 0 Å². The molecule has 0 amide bonds. The van der Waals surface area contributed by atoms with Crippen LogP contribution in [0.1, 0.15) is 73.1 Å². The smallest absolute Gasteiger partial charge is 0.311 e. The number of aliphatic hydroxyl groups is 1. The lowest BCUT2D eigenvalue weighted by Crippen LogP contribution is -2.43. The van der Waals surface area contributed by atoms with Crippen LogP contribution in [-0.2, 0) is 19.1 Å². The van der Waals surface area contributed by atoms with Crippen molar-refractivity contribution < 1.29 is 24.2 Å². The Hall–Kier alpha value is -1.62. The van der Waals surface area contributed by atoms with Crippen molar-refractivity contribution in [3.05, 3.63) is 23.8 Å². The van der Waals surface area contributed by atoms with E-state index < -0.39 is 11.5 Å². The Labute approximate surface area is 180 Å². The van der Waals surface area contributed by atoms with Crippen molar-refractivity contribution in [1.82, 2.24) is 0 Å². The zero-order valence-corrected chi connectivity index (χ0v) is 19.1. The fraction of sp³-hybridized carbons (Fsp3) is 0.760. The first kappa shape index (κ1) is 23.1. The number of aliphatic hydroxyl groups excluding tert-OH is 1. The molecule has 168 valence electrons. The van der Waals surface area contributed by atoms with Gasteiger partial charge in [-0.1, -0.05) is 39.0 Å². The molecule has 30 heavy (non-hydrogen) atoms. The number of cyclic esters (lactones) is 1. The molecule has 5 heteroatoms. The summed E-state index contributed by atoms with van der Waals surface area (Å²) in [5, 5.41) is 9.92. The Morgan fingerprint density at radius 3 is 2.67 bits per heavy atom. The lowest BCUT2D eigenvalue weighted by atomic mass is 9.65. The average molecular weight is 419 g/mol. The molecule has 7 atom stereocenters. The summed E-state index contributed by atoms with van der Waals surface area (Å²) < 4.78 is 11.6. The molecule has 1 fully saturated rings. The van der Waals surface area contributed by atoms with Crippen LogP contribution in [0.25, 0.3) is 0 Å². The second-order valence-corrected chi connectivity index (χ2v) is 10.3. The summed E-state index contributed by atoms with van der Waals surface area (Å²) in [4.78, 5) is 24.6. The van der Waals surface area contributed by atoms with Crippen LogP contribution < -0.4 is 0 Å². The van der Waals surface area contributed by atoms with E-state index in [4.69, 9.17) is 9.47 Å². The van der Waals surface area contributed by atoms with Crippen molar-refractivity contribution in [3.8, 4) is 0 Å². The number of ether oxygens (including phenoxy) is 2. The van der Waals surface area contributed by atoms with Crippen LogP contribution >= 0.6 is 0 Å². The molecule has 0 saturated carbocycles. The van der Waals surface area contributed by atoms with E-state index in [0.717, 1.165) is 25.7 Å². The molecule has 0 bridgehead atoms. The summed E-state index contributed by atoms with van der Waals surface area (Å²) in [6, 6.07) is 0. The van der Waals surface area contributed by atoms with Gasteiger partial charge in [0, 0.05) is 12.3 Å². The normalized spacial score (nSPS) is 36.5. The fourth-order valence-electron chi connectivity index (χ4n) is 5.08. The van der Waals surface area contributed by atoms with Crippen LogP contribution in [0.2, 0.25) is 0 Å². The molecule has 2 aliphatic carbocycles. The molecule has 0 aromatic carbocycles. The van der Waals surface area contributed by atoms with Gasteiger partial charge in [0.05, 0.1) is 17.9 Å². The predicted molar refractivity (Wildman–Crippen MR) is 115 cm³/mol. The van der Waals surface area contributed by atoms with Crippen molar-refractivity contribution >= 4 is 11.9 Å².